The Labute approximate surface area is 111 Å². The Kier molecular flexibility index (Phi) is 5.45. The Hall–Kier alpha value is -0.610. The van der Waals surface area contributed by atoms with Crippen molar-refractivity contribution in [1.82, 2.24) is 15.1 Å². The fourth-order valence-electron chi connectivity index (χ4n) is 3.09. The van der Waals surface area contributed by atoms with Crippen molar-refractivity contribution in [2.75, 3.05) is 39.3 Å². The minimum absolute atomic E-state index is 0.273. The highest BCUT2D eigenvalue weighted by atomic mass is 16.2. The van der Waals surface area contributed by atoms with E-state index in [0.717, 1.165) is 45.2 Å². The van der Waals surface area contributed by atoms with Crippen LogP contribution in [0.4, 0.5) is 0 Å². The van der Waals surface area contributed by atoms with Gasteiger partial charge in [-0.15, -0.1) is 0 Å². The van der Waals surface area contributed by atoms with Gasteiger partial charge in [0.1, 0.15) is 0 Å². The maximum atomic E-state index is 11.9. The van der Waals surface area contributed by atoms with Crippen LogP contribution >= 0.6 is 0 Å². The third-order valence-electron chi connectivity index (χ3n) is 4.21. The van der Waals surface area contributed by atoms with Gasteiger partial charge < -0.3 is 10.2 Å². The third-order valence-corrected chi connectivity index (χ3v) is 4.21. The van der Waals surface area contributed by atoms with Gasteiger partial charge >= 0.3 is 0 Å². The molecule has 1 heterocycles. The lowest BCUT2D eigenvalue weighted by atomic mass is 10.2. The summed E-state index contributed by atoms with van der Waals surface area (Å²) in [5.41, 5.74) is 0. The molecule has 1 N–H and O–H groups in total. The van der Waals surface area contributed by atoms with Crippen LogP contribution in [0.3, 0.4) is 0 Å². The van der Waals surface area contributed by atoms with Gasteiger partial charge in [-0.05, 0) is 25.8 Å². The standard InChI is InChI=1S/C14H27N3O/c1-2-7-15-12-14(18)17-10-8-16(9-11-17)13-5-3-4-6-13/h13,15H,2-12H2,1H3. The minimum Gasteiger partial charge on any atom is -0.339 e. The lowest BCUT2D eigenvalue weighted by Gasteiger charge is -2.38. The molecule has 4 nitrogen and oxygen atoms in total. The van der Waals surface area contributed by atoms with E-state index in [2.05, 4.69) is 17.1 Å². The van der Waals surface area contributed by atoms with Crippen LogP contribution < -0.4 is 5.32 Å². The third kappa shape index (κ3) is 3.69. The summed E-state index contributed by atoms with van der Waals surface area (Å²) in [6.07, 6.45) is 6.61. The molecule has 1 saturated heterocycles. The van der Waals surface area contributed by atoms with Crippen LogP contribution in [0.15, 0.2) is 0 Å². The van der Waals surface area contributed by atoms with E-state index in [1.165, 1.54) is 25.7 Å². The molecule has 1 aliphatic heterocycles. The van der Waals surface area contributed by atoms with Crippen LogP contribution in [0.25, 0.3) is 0 Å². The second kappa shape index (κ2) is 7.10. The van der Waals surface area contributed by atoms with E-state index in [9.17, 15) is 4.79 Å². The molecule has 2 aliphatic rings. The van der Waals surface area contributed by atoms with E-state index < -0.39 is 0 Å². The van der Waals surface area contributed by atoms with Gasteiger partial charge in [0, 0.05) is 32.2 Å². The van der Waals surface area contributed by atoms with Crippen LogP contribution in [0.1, 0.15) is 39.0 Å². The van der Waals surface area contributed by atoms with Gasteiger partial charge in [-0.2, -0.15) is 0 Å². The predicted molar refractivity (Wildman–Crippen MR) is 73.6 cm³/mol. The van der Waals surface area contributed by atoms with Crippen molar-refractivity contribution in [2.24, 2.45) is 0 Å². The number of rotatable bonds is 5. The average Bonchev–Trinajstić information content (AvgIpc) is 2.93. The highest BCUT2D eigenvalue weighted by Crippen LogP contribution is 2.24. The maximum absolute atomic E-state index is 11.9. The molecule has 4 heteroatoms. The first-order valence-electron chi connectivity index (χ1n) is 7.54. The summed E-state index contributed by atoms with van der Waals surface area (Å²) in [5, 5.41) is 3.19. The second-order valence-electron chi connectivity index (χ2n) is 5.53. The Balaban J connectivity index is 1.67. The molecule has 0 aromatic heterocycles. The quantitative estimate of drug-likeness (QED) is 0.745. The van der Waals surface area contributed by atoms with Crippen molar-refractivity contribution >= 4 is 5.91 Å². The molecule has 18 heavy (non-hydrogen) atoms. The molecule has 1 saturated carbocycles. The van der Waals surface area contributed by atoms with Crippen LogP contribution in [0, 0.1) is 0 Å². The fraction of sp³-hybridized carbons (Fsp3) is 0.929. The molecule has 0 unspecified atom stereocenters. The van der Waals surface area contributed by atoms with Crippen LogP contribution in [-0.2, 0) is 4.79 Å². The zero-order valence-corrected chi connectivity index (χ0v) is 11.7. The van der Waals surface area contributed by atoms with Gasteiger partial charge in [0.15, 0.2) is 0 Å². The molecule has 0 atom stereocenters. The Morgan fingerprint density at radius 1 is 1.17 bits per heavy atom. The average molecular weight is 253 g/mol. The number of nitrogens with one attached hydrogen (secondary N) is 1. The summed E-state index contributed by atoms with van der Waals surface area (Å²) in [4.78, 5) is 16.6. The van der Waals surface area contributed by atoms with Crippen molar-refractivity contribution in [2.45, 2.75) is 45.1 Å². The molecule has 104 valence electrons. The summed E-state index contributed by atoms with van der Waals surface area (Å²) >= 11 is 0. The van der Waals surface area contributed by atoms with Gasteiger partial charge in [0.25, 0.3) is 0 Å². The molecule has 0 spiro atoms. The molecule has 0 aromatic carbocycles. The van der Waals surface area contributed by atoms with Crippen molar-refractivity contribution < 1.29 is 4.79 Å². The lowest BCUT2D eigenvalue weighted by molar-refractivity contribution is -0.132. The first-order chi connectivity index (χ1) is 8.81. The number of piperazine rings is 1. The molecule has 0 radical (unpaired) electrons. The van der Waals surface area contributed by atoms with Gasteiger partial charge in [-0.1, -0.05) is 19.8 Å². The Morgan fingerprint density at radius 2 is 1.83 bits per heavy atom. The van der Waals surface area contributed by atoms with E-state index in [0.29, 0.717) is 6.54 Å². The van der Waals surface area contributed by atoms with Crippen molar-refractivity contribution in [1.29, 1.82) is 0 Å². The smallest absolute Gasteiger partial charge is 0.236 e. The topological polar surface area (TPSA) is 35.6 Å². The number of hydrogen-bond acceptors (Lipinski definition) is 3. The Bertz CT molecular complexity index is 256. The molecular formula is C14H27N3O. The maximum Gasteiger partial charge on any atom is 0.236 e. The number of carbonyl (C=O) groups is 1. The SMILES string of the molecule is CCCNCC(=O)N1CCN(C2CCCC2)CC1. The van der Waals surface area contributed by atoms with E-state index in [1.54, 1.807) is 0 Å². The molecule has 0 bridgehead atoms. The summed E-state index contributed by atoms with van der Waals surface area (Å²) in [5.74, 6) is 0.273. The number of carbonyl (C=O) groups excluding carboxylic acids is 1. The summed E-state index contributed by atoms with van der Waals surface area (Å²) in [7, 11) is 0. The van der Waals surface area contributed by atoms with Gasteiger partial charge in [0.2, 0.25) is 5.91 Å². The summed E-state index contributed by atoms with van der Waals surface area (Å²) in [6.45, 7) is 7.56. The minimum atomic E-state index is 0.273. The summed E-state index contributed by atoms with van der Waals surface area (Å²) < 4.78 is 0. The van der Waals surface area contributed by atoms with E-state index in [-0.39, 0.29) is 5.91 Å². The predicted octanol–water partition coefficient (Wildman–Crippen LogP) is 1.07. The van der Waals surface area contributed by atoms with E-state index in [4.69, 9.17) is 0 Å². The molecule has 1 aliphatic carbocycles. The molecule has 0 aromatic rings. The highest BCUT2D eigenvalue weighted by Gasteiger charge is 2.27. The molecule has 2 rings (SSSR count). The number of nitrogens with zero attached hydrogens (tertiary/aromatic N) is 2. The zero-order valence-electron chi connectivity index (χ0n) is 11.7. The number of hydrogen-bond donors (Lipinski definition) is 1. The normalized spacial score (nSPS) is 22.6. The van der Waals surface area contributed by atoms with Crippen LogP contribution in [-0.4, -0.2) is 61.0 Å². The highest BCUT2D eigenvalue weighted by molar-refractivity contribution is 5.78. The first-order valence-corrected chi connectivity index (χ1v) is 7.54. The van der Waals surface area contributed by atoms with Crippen molar-refractivity contribution in [3.8, 4) is 0 Å². The van der Waals surface area contributed by atoms with Crippen molar-refractivity contribution in [3.63, 3.8) is 0 Å². The largest absolute Gasteiger partial charge is 0.339 e. The lowest BCUT2D eigenvalue weighted by Crippen LogP contribution is -2.53. The van der Waals surface area contributed by atoms with Crippen LogP contribution in [0.5, 0.6) is 0 Å². The second-order valence-corrected chi connectivity index (χ2v) is 5.53. The Morgan fingerprint density at radius 3 is 2.44 bits per heavy atom. The zero-order chi connectivity index (χ0) is 12.8. The number of amides is 1. The van der Waals surface area contributed by atoms with Gasteiger partial charge in [-0.3, -0.25) is 9.69 Å². The monoisotopic (exact) mass is 253 g/mol. The fourth-order valence-corrected chi connectivity index (χ4v) is 3.09. The van der Waals surface area contributed by atoms with Gasteiger partial charge in [-0.25, -0.2) is 0 Å². The first kappa shape index (κ1) is 13.8. The van der Waals surface area contributed by atoms with E-state index >= 15 is 0 Å². The van der Waals surface area contributed by atoms with Gasteiger partial charge in [0.05, 0.1) is 6.54 Å². The van der Waals surface area contributed by atoms with Crippen LogP contribution in [0.2, 0.25) is 0 Å². The van der Waals surface area contributed by atoms with E-state index in [1.807, 2.05) is 4.90 Å². The summed E-state index contributed by atoms with van der Waals surface area (Å²) in [6, 6.07) is 0.806. The molecular weight excluding hydrogens is 226 g/mol. The molecule has 2 fully saturated rings. The van der Waals surface area contributed by atoms with Crippen molar-refractivity contribution in [3.05, 3.63) is 0 Å². The molecule has 1 amide bonds.